The Hall–Kier alpha value is -4.53. The lowest BCUT2D eigenvalue weighted by atomic mass is 9.87. The predicted molar refractivity (Wildman–Crippen MR) is 130 cm³/mol. The van der Waals surface area contributed by atoms with Crippen LogP contribution in [0.5, 0.6) is 0 Å². The van der Waals surface area contributed by atoms with Gasteiger partial charge < -0.3 is 14.8 Å². The van der Waals surface area contributed by atoms with E-state index in [4.69, 9.17) is 9.47 Å². The van der Waals surface area contributed by atoms with E-state index in [2.05, 4.69) is 5.32 Å². The fourth-order valence-electron chi connectivity index (χ4n) is 4.66. The van der Waals surface area contributed by atoms with E-state index in [1.807, 2.05) is 48.5 Å². The first kappa shape index (κ1) is 24.6. The molecular formula is C27H24N2O7. The number of fused-ring (bicyclic) bond motifs is 3. The molecule has 0 aromatic heterocycles. The summed E-state index contributed by atoms with van der Waals surface area (Å²) in [6, 6.07) is 19.3. The molecule has 36 heavy (non-hydrogen) atoms. The van der Waals surface area contributed by atoms with Crippen LogP contribution in [0.2, 0.25) is 0 Å². The van der Waals surface area contributed by atoms with Crippen LogP contribution in [-0.2, 0) is 23.9 Å². The van der Waals surface area contributed by atoms with Crippen LogP contribution in [0.25, 0.3) is 11.1 Å². The number of nitro groups is 1. The summed E-state index contributed by atoms with van der Waals surface area (Å²) in [6.45, 7) is 0. The lowest BCUT2D eigenvalue weighted by Gasteiger charge is -2.27. The number of ether oxygens (including phenoxy) is 2. The third kappa shape index (κ3) is 4.68. The fraction of sp³-hybridized carbons (Fsp3) is 0.222. The van der Waals surface area contributed by atoms with E-state index in [9.17, 15) is 24.5 Å². The van der Waals surface area contributed by atoms with E-state index >= 15 is 0 Å². The van der Waals surface area contributed by atoms with Crippen molar-refractivity contribution in [2.45, 2.75) is 24.3 Å². The van der Waals surface area contributed by atoms with Gasteiger partial charge in [0.05, 0.1) is 31.5 Å². The third-order valence-corrected chi connectivity index (χ3v) is 6.40. The molecule has 0 bridgehead atoms. The number of carbonyl (C=O) groups excluding carboxylic acids is 3. The van der Waals surface area contributed by atoms with Crippen LogP contribution >= 0.6 is 0 Å². The minimum absolute atomic E-state index is 0.145. The summed E-state index contributed by atoms with van der Waals surface area (Å²) in [5.74, 6) is -3.35. The van der Waals surface area contributed by atoms with Crippen molar-refractivity contribution in [2.24, 2.45) is 0 Å². The highest BCUT2D eigenvalue weighted by Gasteiger charge is 2.39. The van der Waals surface area contributed by atoms with Gasteiger partial charge in [-0.2, -0.15) is 0 Å². The van der Waals surface area contributed by atoms with Gasteiger partial charge in [0.15, 0.2) is 0 Å². The van der Waals surface area contributed by atoms with Crippen LogP contribution in [-0.4, -0.2) is 43.0 Å². The second kappa shape index (κ2) is 10.4. The summed E-state index contributed by atoms with van der Waals surface area (Å²) in [6.07, 6.45) is -0.258. The van der Waals surface area contributed by atoms with Crippen molar-refractivity contribution in [3.63, 3.8) is 0 Å². The van der Waals surface area contributed by atoms with Crippen molar-refractivity contribution in [1.29, 1.82) is 0 Å². The number of esters is 2. The molecule has 1 aliphatic carbocycles. The van der Waals surface area contributed by atoms with Crippen LogP contribution in [0.1, 0.15) is 34.9 Å². The smallest absolute Gasteiger partial charge is 0.329 e. The number of methoxy groups -OCH3 is 2. The largest absolute Gasteiger partial charge is 0.469 e. The van der Waals surface area contributed by atoms with Crippen molar-refractivity contribution < 1.29 is 28.8 Å². The minimum Gasteiger partial charge on any atom is -0.469 e. The van der Waals surface area contributed by atoms with Gasteiger partial charge >= 0.3 is 11.9 Å². The maximum Gasteiger partial charge on any atom is 0.329 e. The first-order valence-electron chi connectivity index (χ1n) is 11.2. The number of nitro benzene ring substituents is 1. The highest BCUT2D eigenvalue weighted by Crippen LogP contribution is 2.44. The number of rotatable bonds is 8. The van der Waals surface area contributed by atoms with E-state index in [-0.39, 0.29) is 12.1 Å². The number of nitrogens with zero attached hydrogens (tertiary/aromatic N) is 1. The Balaban J connectivity index is 1.72. The monoisotopic (exact) mass is 488 g/mol. The first-order chi connectivity index (χ1) is 17.3. The molecule has 0 fully saturated rings. The van der Waals surface area contributed by atoms with Crippen LogP contribution in [0.4, 0.5) is 5.69 Å². The number of amides is 1. The van der Waals surface area contributed by atoms with Gasteiger partial charge in [0, 0.05) is 18.1 Å². The average Bonchev–Trinajstić information content (AvgIpc) is 3.24. The van der Waals surface area contributed by atoms with Gasteiger partial charge in [-0.05, 0) is 27.8 Å². The molecule has 1 amide bonds. The summed E-state index contributed by atoms with van der Waals surface area (Å²) in [7, 11) is 2.40. The summed E-state index contributed by atoms with van der Waals surface area (Å²) < 4.78 is 9.79. The SMILES string of the molecule is COC(=O)C[C@H](c1ccc([N+](=O)[O-])cc1)[C@@H](NC(=O)C1c2ccccc2-c2ccccc21)C(=O)OC. The molecule has 0 heterocycles. The van der Waals surface area contributed by atoms with Crippen LogP contribution in [0, 0.1) is 10.1 Å². The van der Waals surface area contributed by atoms with E-state index in [1.54, 1.807) is 0 Å². The van der Waals surface area contributed by atoms with Crippen molar-refractivity contribution >= 4 is 23.5 Å². The van der Waals surface area contributed by atoms with Gasteiger partial charge in [-0.15, -0.1) is 0 Å². The number of nitrogens with one attached hydrogen (secondary N) is 1. The van der Waals surface area contributed by atoms with E-state index in [0.717, 1.165) is 22.3 Å². The molecule has 0 aliphatic heterocycles. The standard InChI is InChI=1S/C27H24N2O7/c1-35-23(30)15-22(16-11-13-17(14-12-16)29(33)34)25(27(32)36-2)28-26(31)24-20-9-5-3-7-18(20)19-8-4-6-10-21(19)24/h3-14,22,24-25H,15H2,1-2H3,(H,28,31)/t22-,25-/m1/s1. The Labute approximate surface area is 207 Å². The zero-order chi connectivity index (χ0) is 25.8. The zero-order valence-corrected chi connectivity index (χ0v) is 19.7. The minimum atomic E-state index is -1.25. The molecule has 1 N–H and O–H groups in total. The normalized spacial score (nSPS) is 13.6. The van der Waals surface area contributed by atoms with Gasteiger partial charge in [0.2, 0.25) is 5.91 Å². The maximum atomic E-state index is 13.7. The number of non-ortho nitro benzene ring substituents is 1. The number of hydrogen-bond acceptors (Lipinski definition) is 7. The van der Waals surface area contributed by atoms with Gasteiger partial charge in [0.1, 0.15) is 6.04 Å². The van der Waals surface area contributed by atoms with Crippen molar-refractivity contribution in [3.8, 4) is 11.1 Å². The Kier molecular flexibility index (Phi) is 7.10. The summed E-state index contributed by atoms with van der Waals surface area (Å²) >= 11 is 0. The Morgan fingerprint density at radius 3 is 1.94 bits per heavy atom. The van der Waals surface area contributed by atoms with Gasteiger partial charge in [-0.3, -0.25) is 19.7 Å². The Bertz CT molecular complexity index is 1270. The summed E-state index contributed by atoms with van der Waals surface area (Å²) in [4.78, 5) is 49.4. The summed E-state index contributed by atoms with van der Waals surface area (Å²) in [5, 5.41) is 13.9. The number of carbonyl (C=O) groups is 3. The van der Waals surface area contributed by atoms with Crippen LogP contribution in [0.15, 0.2) is 72.8 Å². The molecule has 0 spiro atoms. The predicted octanol–water partition coefficient (Wildman–Crippen LogP) is 3.71. The molecule has 0 saturated heterocycles. The highest BCUT2D eigenvalue weighted by molar-refractivity contribution is 5.98. The highest BCUT2D eigenvalue weighted by atomic mass is 16.6. The van der Waals surface area contributed by atoms with Crippen LogP contribution in [0.3, 0.4) is 0 Å². The topological polar surface area (TPSA) is 125 Å². The lowest BCUT2D eigenvalue weighted by molar-refractivity contribution is -0.384. The second-order valence-corrected chi connectivity index (χ2v) is 8.35. The molecule has 9 nitrogen and oxygen atoms in total. The van der Waals surface area contributed by atoms with Gasteiger partial charge in [-0.25, -0.2) is 4.79 Å². The molecule has 184 valence electrons. The molecular weight excluding hydrogens is 464 g/mol. The van der Waals surface area contributed by atoms with Crippen molar-refractivity contribution in [3.05, 3.63) is 99.6 Å². The average molecular weight is 488 g/mol. The molecule has 2 atom stereocenters. The van der Waals surface area contributed by atoms with Crippen molar-refractivity contribution in [2.75, 3.05) is 14.2 Å². The van der Waals surface area contributed by atoms with E-state index in [1.165, 1.54) is 38.5 Å². The fourth-order valence-corrected chi connectivity index (χ4v) is 4.66. The zero-order valence-electron chi connectivity index (χ0n) is 19.7. The molecule has 9 heteroatoms. The van der Waals surface area contributed by atoms with E-state index < -0.39 is 40.6 Å². The van der Waals surface area contributed by atoms with Crippen LogP contribution < -0.4 is 5.32 Å². The van der Waals surface area contributed by atoms with Gasteiger partial charge in [0.25, 0.3) is 5.69 Å². The molecule has 0 radical (unpaired) electrons. The maximum absolute atomic E-state index is 13.7. The molecule has 3 aromatic rings. The quantitative estimate of drug-likeness (QED) is 0.291. The molecule has 0 unspecified atom stereocenters. The van der Waals surface area contributed by atoms with E-state index in [0.29, 0.717) is 5.56 Å². The second-order valence-electron chi connectivity index (χ2n) is 8.35. The first-order valence-corrected chi connectivity index (χ1v) is 11.2. The third-order valence-electron chi connectivity index (χ3n) is 6.40. The van der Waals surface area contributed by atoms with Crippen molar-refractivity contribution in [1.82, 2.24) is 5.32 Å². The molecule has 3 aromatic carbocycles. The number of hydrogen-bond donors (Lipinski definition) is 1. The Morgan fingerprint density at radius 2 is 1.44 bits per heavy atom. The molecule has 0 saturated carbocycles. The molecule has 4 rings (SSSR count). The van der Waals surface area contributed by atoms with Gasteiger partial charge in [-0.1, -0.05) is 60.7 Å². The lowest BCUT2D eigenvalue weighted by Crippen LogP contribution is -2.47. The molecule has 1 aliphatic rings. The summed E-state index contributed by atoms with van der Waals surface area (Å²) in [5.41, 5.74) is 3.77. The number of benzene rings is 3. The Morgan fingerprint density at radius 1 is 0.889 bits per heavy atom.